The van der Waals surface area contributed by atoms with Gasteiger partial charge in [0, 0.05) is 17.5 Å². The average Bonchev–Trinajstić information content (AvgIpc) is 2.95. The van der Waals surface area contributed by atoms with Crippen LogP contribution in [0.5, 0.6) is 0 Å². The summed E-state index contributed by atoms with van der Waals surface area (Å²) in [4.78, 5) is 24.1. The monoisotopic (exact) mass is 293 g/mol. The van der Waals surface area contributed by atoms with Gasteiger partial charge in [-0.25, -0.2) is 9.48 Å². The lowest BCUT2D eigenvalue weighted by Gasteiger charge is -2.12. The van der Waals surface area contributed by atoms with Crippen molar-refractivity contribution in [2.24, 2.45) is 0 Å². The maximum Gasteiger partial charge on any atom is 0.342 e. The van der Waals surface area contributed by atoms with E-state index in [9.17, 15) is 9.59 Å². The van der Waals surface area contributed by atoms with Crippen molar-refractivity contribution in [3.8, 4) is 11.3 Å². The molecular weight excluding hydrogens is 278 g/mol. The molecular formula is C13H15N3O3S. The molecule has 106 valence electrons. The van der Waals surface area contributed by atoms with Crippen molar-refractivity contribution >= 4 is 23.0 Å². The Balaban J connectivity index is 2.73. The highest BCUT2D eigenvalue weighted by Gasteiger charge is 2.23. The zero-order valence-electron chi connectivity index (χ0n) is 11.3. The van der Waals surface area contributed by atoms with Crippen LogP contribution in [-0.4, -0.2) is 22.4 Å². The van der Waals surface area contributed by atoms with Gasteiger partial charge in [0.05, 0.1) is 6.61 Å². The van der Waals surface area contributed by atoms with Crippen LogP contribution >= 0.6 is 11.3 Å². The van der Waals surface area contributed by atoms with Crippen LogP contribution in [0.25, 0.3) is 11.3 Å². The highest BCUT2D eigenvalue weighted by molar-refractivity contribution is 7.08. The fraction of sp³-hybridized carbons (Fsp3) is 0.308. The third kappa shape index (κ3) is 2.44. The molecule has 0 fully saturated rings. The van der Waals surface area contributed by atoms with Crippen LogP contribution in [0.2, 0.25) is 0 Å². The number of nitrogens with zero attached hydrogens (tertiary/aromatic N) is 2. The molecule has 7 heteroatoms. The molecule has 0 saturated heterocycles. The molecule has 2 N–H and O–H groups in total. The maximum atomic E-state index is 12.0. The highest BCUT2D eigenvalue weighted by Crippen LogP contribution is 2.26. The number of hydrogen-bond acceptors (Lipinski definition) is 6. The second-order valence-corrected chi connectivity index (χ2v) is 4.77. The van der Waals surface area contributed by atoms with E-state index in [1.807, 2.05) is 16.8 Å². The summed E-state index contributed by atoms with van der Waals surface area (Å²) in [5.74, 6) is -0.626. The van der Waals surface area contributed by atoms with E-state index in [1.165, 1.54) is 16.0 Å². The van der Waals surface area contributed by atoms with Gasteiger partial charge in [-0.1, -0.05) is 0 Å². The first-order valence-corrected chi connectivity index (χ1v) is 7.14. The number of rotatable bonds is 4. The molecule has 0 saturated carbocycles. The molecule has 6 nitrogen and oxygen atoms in total. The van der Waals surface area contributed by atoms with E-state index in [4.69, 9.17) is 10.5 Å². The van der Waals surface area contributed by atoms with Gasteiger partial charge < -0.3 is 10.5 Å². The van der Waals surface area contributed by atoms with Crippen molar-refractivity contribution in [1.82, 2.24) is 9.78 Å². The molecule has 0 amide bonds. The van der Waals surface area contributed by atoms with E-state index in [1.54, 1.807) is 13.8 Å². The van der Waals surface area contributed by atoms with Gasteiger partial charge >= 0.3 is 5.97 Å². The minimum Gasteiger partial charge on any atom is -0.462 e. The minimum absolute atomic E-state index is 0.0416. The largest absolute Gasteiger partial charge is 0.462 e. The first-order valence-electron chi connectivity index (χ1n) is 6.20. The van der Waals surface area contributed by atoms with Gasteiger partial charge in [0.25, 0.3) is 5.56 Å². The van der Waals surface area contributed by atoms with Crippen molar-refractivity contribution in [1.29, 1.82) is 0 Å². The van der Waals surface area contributed by atoms with Crippen LogP contribution in [0, 0.1) is 0 Å². The Morgan fingerprint density at radius 2 is 2.25 bits per heavy atom. The molecule has 0 radical (unpaired) electrons. The lowest BCUT2D eigenvalue weighted by atomic mass is 10.1. The van der Waals surface area contributed by atoms with Gasteiger partial charge in [-0.15, -0.1) is 0 Å². The number of esters is 1. The number of aryl methyl sites for hydroxylation is 1. The Hall–Kier alpha value is -2.15. The third-order valence-electron chi connectivity index (χ3n) is 2.77. The number of thiophene rings is 1. The van der Waals surface area contributed by atoms with Crippen LogP contribution in [0.4, 0.5) is 5.69 Å². The lowest BCUT2D eigenvalue weighted by Crippen LogP contribution is -2.29. The van der Waals surface area contributed by atoms with Gasteiger partial charge in [-0.05, 0) is 25.3 Å². The summed E-state index contributed by atoms with van der Waals surface area (Å²) in [6, 6.07) is 1.82. The van der Waals surface area contributed by atoms with Gasteiger partial charge in [0.15, 0.2) is 0 Å². The molecule has 2 rings (SSSR count). The quantitative estimate of drug-likeness (QED) is 0.868. The SMILES string of the molecule is CCOC(=O)c1c(-c2ccsc2)nn(CC)c(=O)c1N. The third-order valence-corrected chi connectivity index (χ3v) is 3.45. The van der Waals surface area contributed by atoms with E-state index in [0.29, 0.717) is 12.2 Å². The molecule has 20 heavy (non-hydrogen) atoms. The summed E-state index contributed by atoms with van der Waals surface area (Å²) in [6.45, 7) is 4.07. The predicted octanol–water partition coefficient (Wildman–Crippen LogP) is 1.75. The molecule has 2 aromatic heterocycles. The van der Waals surface area contributed by atoms with Gasteiger partial charge in [0.1, 0.15) is 16.9 Å². The van der Waals surface area contributed by atoms with Gasteiger partial charge in [0.2, 0.25) is 0 Å². The Morgan fingerprint density at radius 3 is 2.80 bits per heavy atom. The molecule has 0 spiro atoms. The molecule has 0 aliphatic rings. The fourth-order valence-electron chi connectivity index (χ4n) is 1.82. The first kappa shape index (κ1) is 14.3. The predicted molar refractivity (Wildman–Crippen MR) is 77.9 cm³/mol. The van der Waals surface area contributed by atoms with E-state index >= 15 is 0 Å². The van der Waals surface area contributed by atoms with Crippen molar-refractivity contribution in [2.75, 3.05) is 12.3 Å². The summed E-state index contributed by atoms with van der Waals surface area (Å²) in [5.41, 5.74) is 6.39. The van der Waals surface area contributed by atoms with Crippen LogP contribution in [-0.2, 0) is 11.3 Å². The molecule has 0 aliphatic carbocycles. The van der Waals surface area contributed by atoms with E-state index in [2.05, 4.69) is 5.10 Å². The zero-order chi connectivity index (χ0) is 14.7. The minimum atomic E-state index is -0.626. The van der Waals surface area contributed by atoms with E-state index in [-0.39, 0.29) is 17.9 Å². The normalized spacial score (nSPS) is 10.5. The average molecular weight is 293 g/mol. The second-order valence-electron chi connectivity index (χ2n) is 3.99. The lowest BCUT2D eigenvalue weighted by molar-refractivity contribution is 0.0527. The van der Waals surface area contributed by atoms with Gasteiger partial charge in [-0.3, -0.25) is 4.79 Å². The van der Waals surface area contributed by atoms with Gasteiger partial charge in [-0.2, -0.15) is 16.4 Å². The maximum absolute atomic E-state index is 12.0. The van der Waals surface area contributed by atoms with Crippen LogP contribution < -0.4 is 11.3 Å². The van der Waals surface area contributed by atoms with Crippen LogP contribution in [0.3, 0.4) is 0 Å². The van der Waals surface area contributed by atoms with Crippen molar-refractivity contribution < 1.29 is 9.53 Å². The molecule has 0 bridgehead atoms. The van der Waals surface area contributed by atoms with Crippen LogP contribution in [0.15, 0.2) is 21.6 Å². The summed E-state index contributed by atoms with van der Waals surface area (Å²) < 4.78 is 6.21. The Labute approximate surface area is 119 Å². The number of ether oxygens (including phenoxy) is 1. The van der Waals surface area contributed by atoms with Crippen molar-refractivity contribution in [3.05, 3.63) is 32.7 Å². The number of hydrogen-bond donors (Lipinski definition) is 1. The molecule has 0 atom stereocenters. The number of carbonyl (C=O) groups is 1. The molecule has 0 aliphatic heterocycles. The molecule has 2 heterocycles. The molecule has 0 unspecified atom stereocenters. The number of nitrogen functional groups attached to an aromatic ring is 1. The zero-order valence-corrected chi connectivity index (χ0v) is 12.1. The van der Waals surface area contributed by atoms with Crippen molar-refractivity contribution in [3.63, 3.8) is 0 Å². The van der Waals surface area contributed by atoms with E-state index in [0.717, 1.165) is 5.56 Å². The summed E-state index contributed by atoms with van der Waals surface area (Å²) in [6.07, 6.45) is 0. The van der Waals surface area contributed by atoms with Crippen LogP contribution in [0.1, 0.15) is 24.2 Å². The standard InChI is InChI=1S/C13H15N3O3S/c1-3-16-12(17)10(14)9(13(18)19-4-2)11(15-16)8-5-6-20-7-8/h5-7H,3-4,14H2,1-2H3. The summed E-state index contributed by atoms with van der Waals surface area (Å²) in [7, 11) is 0. The Morgan fingerprint density at radius 1 is 1.50 bits per heavy atom. The number of anilines is 1. The Bertz CT molecular complexity index is 677. The second kappa shape index (κ2) is 5.87. The number of aromatic nitrogens is 2. The Kier molecular flexibility index (Phi) is 4.19. The summed E-state index contributed by atoms with van der Waals surface area (Å²) >= 11 is 1.47. The first-order chi connectivity index (χ1) is 9.60. The fourth-order valence-corrected chi connectivity index (χ4v) is 2.46. The number of carbonyl (C=O) groups excluding carboxylic acids is 1. The topological polar surface area (TPSA) is 87.2 Å². The molecule has 2 aromatic rings. The molecule has 0 aromatic carbocycles. The van der Waals surface area contributed by atoms with Crippen molar-refractivity contribution in [2.45, 2.75) is 20.4 Å². The smallest absolute Gasteiger partial charge is 0.342 e. The summed E-state index contributed by atoms with van der Waals surface area (Å²) in [5, 5.41) is 7.93. The highest BCUT2D eigenvalue weighted by atomic mass is 32.1. The van der Waals surface area contributed by atoms with E-state index < -0.39 is 11.5 Å². The number of nitrogens with two attached hydrogens (primary N) is 1.